The van der Waals surface area contributed by atoms with Crippen molar-refractivity contribution in [2.24, 2.45) is 0 Å². The Morgan fingerprint density at radius 2 is 1.54 bits per heavy atom. The van der Waals surface area contributed by atoms with Crippen molar-refractivity contribution in [1.29, 1.82) is 0 Å². The van der Waals surface area contributed by atoms with Gasteiger partial charge in [-0.25, -0.2) is 13.1 Å². The van der Waals surface area contributed by atoms with Crippen LogP contribution in [-0.2, 0) is 16.6 Å². The van der Waals surface area contributed by atoms with Crippen LogP contribution in [0, 0.1) is 0 Å². The van der Waals surface area contributed by atoms with Crippen LogP contribution >= 0.6 is 0 Å². The maximum Gasteiger partial charge on any atom is 0.241 e. The number of benzene rings is 3. The first-order valence-electron chi connectivity index (χ1n) is 7.87. The Morgan fingerprint density at radius 3 is 2.19 bits per heavy atom. The Labute approximate surface area is 152 Å². The summed E-state index contributed by atoms with van der Waals surface area (Å²) in [5.41, 5.74) is 0.702. The van der Waals surface area contributed by atoms with E-state index in [1.807, 2.05) is 0 Å². The van der Waals surface area contributed by atoms with Gasteiger partial charge in [0.1, 0.15) is 17.2 Å². The lowest BCUT2D eigenvalue weighted by atomic mass is 10.1. The molecule has 3 rings (SSSR count). The summed E-state index contributed by atoms with van der Waals surface area (Å²) in [7, 11) is -0.718. The van der Waals surface area contributed by atoms with Crippen LogP contribution in [0.1, 0.15) is 5.56 Å². The summed E-state index contributed by atoms with van der Waals surface area (Å²) >= 11 is 0. The van der Waals surface area contributed by atoms with E-state index in [-0.39, 0.29) is 17.2 Å². The van der Waals surface area contributed by atoms with Gasteiger partial charge in [0, 0.05) is 23.4 Å². The molecule has 0 amide bonds. The van der Waals surface area contributed by atoms with Gasteiger partial charge in [0.2, 0.25) is 10.0 Å². The average Bonchev–Trinajstić information content (AvgIpc) is 2.66. The normalized spacial score (nSPS) is 11.5. The Bertz CT molecular complexity index is 1020. The molecule has 0 heterocycles. The first kappa shape index (κ1) is 18.0. The maximum atomic E-state index is 12.8. The molecular formula is C19H19NO5S. The van der Waals surface area contributed by atoms with Crippen molar-refractivity contribution in [2.75, 3.05) is 14.2 Å². The van der Waals surface area contributed by atoms with Gasteiger partial charge < -0.3 is 14.6 Å². The molecule has 0 aliphatic carbocycles. The molecule has 0 atom stereocenters. The average molecular weight is 373 g/mol. The summed E-state index contributed by atoms with van der Waals surface area (Å²) in [5.74, 6) is 1.19. The van der Waals surface area contributed by atoms with Gasteiger partial charge >= 0.3 is 0 Å². The van der Waals surface area contributed by atoms with Gasteiger partial charge in [0.05, 0.1) is 19.1 Å². The second-order valence-electron chi connectivity index (χ2n) is 5.67. The Kier molecular flexibility index (Phi) is 5.01. The van der Waals surface area contributed by atoms with Crippen molar-refractivity contribution in [3.63, 3.8) is 0 Å². The monoisotopic (exact) mass is 373 g/mol. The van der Waals surface area contributed by atoms with Crippen molar-refractivity contribution in [3.8, 4) is 17.2 Å². The van der Waals surface area contributed by atoms with Crippen LogP contribution in [0.5, 0.6) is 17.2 Å². The van der Waals surface area contributed by atoms with Crippen molar-refractivity contribution in [1.82, 2.24) is 4.72 Å². The van der Waals surface area contributed by atoms with Crippen LogP contribution in [0.2, 0.25) is 0 Å². The number of ether oxygens (including phenoxy) is 2. The van der Waals surface area contributed by atoms with Gasteiger partial charge in [-0.2, -0.15) is 0 Å². The molecule has 0 aromatic heterocycles. The first-order chi connectivity index (χ1) is 12.4. The van der Waals surface area contributed by atoms with Crippen LogP contribution in [0.15, 0.2) is 59.5 Å². The number of methoxy groups -OCH3 is 2. The van der Waals surface area contributed by atoms with E-state index in [2.05, 4.69) is 4.72 Å². The van der Waals surface area contributed by atoms with Crippen molar-refractivity contribution in [3.05, 3.63) is 60.2 Å². The van der Waals surface area contributed by atoms with E-state index < -0.39 is 10.0 Å². The molecule has 0 radical (unpaired) electrons. The fraction of sp³-hybridized carbons (Fsp3) is 0.158. The predicted octanol–water partition coefficient (Wildman–Crippen LogP) is 3.04. The number of nitrogens with one attached hydrogen (secondary N) is 1. The minimum atomic E-state index is -3.78. The van der Waals surface area contributed by atoms with Crippen molar-refractivity contribution >= 4 is 20.8 Å². The molecule has 0 aliphatic heterocycles. The smallest absolute Gasteiger partial charge is 0.241 e. The zero-order valence-corrected chi connectivity index (χ0v) is 15.2. The lowest BCUT2D eigenvalue weighted by Crippen LogP contribution is -2.23. The largest absolute Gasteiger partial charge is 0.507 e. The predicted molar refractivity (Wildman–Crippen MR) is 99.2 cm³/mol. The van der Waals surface area contributed by atoms with E-state index in [1.54, 1.807) is 42.5 Å². The van der Waals surface area contributed by atoms with Crippen LogP contribution in [-0.4, -0.2) is 27.7 Å². The van der Waals surface area contributed by atoms with Crippen LogP contribution < -0.4 is 14.2 Å². The number of rotatable bonds is 6. The molecule has 2 N–H and O–H groups in total. The van der Waals surface area contributed by atoms with E-state index in [4.69, 9.17) is 9.47 Å². The molecule has 0 saturated heterocycles. The van der Waals surface area contributed by atoms with E-state index in [0.717, 1.165) is 0 Å². The third kappa shape index (κ3) is 3.58. The summed E-state index contributed by atoms with van der Waals surface area (Å²) in [6.45, 7) is 0.0745. The highest BCUT2D eigenvalue weighted by Gasteiger charge is 2.18. The third-order valence-electron chi connectivity index (χ3n) is 4.03. The van der Waals surface area contributed by atoms with E-state index in [1.165, 1.54) is 26.4 Å². The summed E-state index contributed by atoms with van der Waals surface area (Å²) in [6.07, 6.45) is 0. The zero-order valence-electron chi connectivity index (χ0n) is 14.4. The second-order valence-corrected chi connectivity index (χ2v) is 7.41. The van der Waals surface area contributed by atoms with E-state index in [9.17, 15) is 13.5 Å². The number of hydrogen-bond donors (Lipinski definition) is 2. The number of hydrogen-bond acceptors (Lipinski definition) is 5. The minimum Gasteiger partial charge on any atom is -0.507 e. The van der Waals surface area contributed by atoms with Crippen LogP contribution in [0.4, 0.5) is 0 Å². The highest BCUT2D eigenvalue weighted by atomic mass is 32.2. The molecule has 26 heavy (non-hydrogen) atoms. The van der Waals surface area contributed by atoms with Gasteiger partial charge in [0.25, 0.3) is 0 Å². The second kappa shape index (κ2) is 7.23. The van der Waals surface area contributed by atoms with E-state index >= 15 is 0 Å². The van der Waals surface area contributed by atoms with Crippen molar-refractivity contribution < 1.29 is 23.0 Å². The molecule has 7 heteroatoms. The molecule has 0 aliphatic rings. The Balaban J connectivity index is 1.92. The SMILES string of the molecule is COc1cc(CNS(=O)(=O)c2cccc3c(O)cccc23)cc(OC)c1. The van der Waals surface area contributed by atoms with Crippen LogP contribution in [0.25, 0.3) is 10.8 Å². The van der Waals surface area contributed by atoms with Gasteiger partial charge in [0.15, 0.2) is 0 Å². The number of phenolic OH excluding ortho intramolecular Hbond substituents is 1. The third-order valence-corrected chi connectivity index (χ3v) is 5.49. The highest BCUT2D eigenvalue weighted by Crippen LogP contribution is 2.29. The quantitative estimate of drug-likeness (QED) is 0.694. The molecule has 0 bridgehead atoms. The molecule has 0 saturated carbocycles. The molecule has 0 unspecified atom stereocenters. The lowest BCUT2D eigenvalue weighted by Gasteiger charge is -2.12. The summed E-state index contributed by atoms with van der Waals surface area (Å²) in [5, 5.41) is 10.9. The molecule has 0 fully saturated rings. The Hall–Kier alpha value is -2.77. The molecule has 6 nitrogen and oxygen atoms in total. The minimum absolute atomic E-state index is 0.0390. The Morgan fingerprint density at radius 1 is 0.923 bits per heavy atom. The fourth-order valence-electron chi connectivity index (χ4n) is 2.72. The molecule has 136 valence electrons. The standard InChI is InChI=1S/C19H19NO5S/c1-24-14-9-13(10-15(11-14)25-2)12-20-26(22,23)19-8-4-5-16-17(19)6-3-7-18(16)21/h3-11,20-21H,12H2,1-2H3. The lowest BCUT2D eigenvalue weighted by molar-refractivity contribution is 0.393. The van der Waals surface area contributed by atoms with Gasteiger partial charge in [-0.1, -0.05) is 24.3 Å². The summed E-state index contributed by atoms with van der Waals surface area (Å²) in [6, 6.07) is 14.8. The van der Waals surface area contributed by atoms with Gasteiger partial charge in [-0.3, -0.25) is 0 Å². The first-order valence-corrected chi connectivity index (χ1v) is 9.35. The zero-order chi connectivity index (χ0) is 18.7. The van der Waals surface area contributed by atoms with Crippen molar-refractivity contribution in [2.45, 2.75) is 11.4 Å². The highest BCUT2D eigenvalue weighted by molar-refractivity contribution is 7.89. The van der Waals surface area contributed by atoms with Gasteiger partial charge in [-0.15, -0.1) is 0 Å². The molecule has 0 spiro atoms. The molecular weight excluding hydrogens is 354 g/mol. The fourth-order valence-corrected chi connectivity index (χ4v) is 3.96. The topological polar surface area (TPSA) is 84.9 Å². The van der Waals surface area contributed by atoms with E-state index in [0.29, 0.717) is 27.8 Å². The number of fused-ring (bicyclic) bond motifs is 1. The number of sulfonamides is 1. The van der Waals surface area contributed by atoms with Gasteiger partial charge in [-0.05, 0) is 29.8 Å². The molecule has 3 aromatic rings. The van der Waals surface area contributed by atoms with Crippen LogP contribution in [0.3, 0.4) is 0 Å². The number of phenols is 1. The maximum absolute atomic E-state index is 12.8. The summed E-state index contributed by atoms with van der Waals surface area (Å²) in [4.78, 5) is 0.112. The molecule has 3 aromatic carbocycles. The summed E-state index contributed by atoms with van der Waals surface area (Å²) < 4.78 is 38.6. The number of aromatic hydroxyl groups is 1.